The van der Waals surface area contributed by atoms with Gasteiger partial charge in [0.1, 0.15) is 11.6 Å². The van der Waals surface area contributed by atoms with Gasteiger partial charge in [-0.25, -0.2) is 14.6 Å². The molecule has 0 fully saturated rings. The van der Waals surface area contributed by atoms with Gasteiger partial charge < -0.3 is 5.73 Å². The van der Waals surface area contributed by atoms with Crippen LogP contribution in [0.5, 0.6) is 0 Å². The molecular weight excluding hydrogens is 259 g/mol. The number of aromatic nitrogens is 4. The molecule has 102 valence electrons. The Labute approximate surface area is 107 Å². The van der Waals surface area contributed by atoms with Crippen LogP contribution in [-0.4, -0.2) is 19.7 Å². The van der Waals surface area contributed by atoms with Crippen LogP contribution < -0.4 is 5.73 Å². The average Bonchev–Trinajstić information content (AvgIpc) is 2.81. The van der Waals surface area contributed by atoms with Crippen molar-refractivity contribution in [2.75, 3.05) is 5.73 Å². The highest BCUT2D eigenvalue weighted by Crippen LogP contribution is 2.28. The van der Waals surface area contributed by atoms with E-state index in [1.54, 1.807) is 6.92 Å². The van der Waals surface area contributed by atoms with Crippen LogP contribution in [0.15, 0.2) is 12.3 Å². The number of rotatable bonds is 2. The Bertz CT molecular complexity index is 603. The number of aryl methyl sites for hydroxylation is 1. The number of halogens is 3. The van der Waals surface area contributed by atoms with Crippen molar-refractivity contribution in [1.29, 1.82) is 0 Å². The number of nitrogens with two attached hydrogens (primary N) is 1. The van der Waals surface area contributed by atoms with Crippen molar-refractivity contribution in [1.82, 2.24) is 19.7 Å². The molecule has 0 saturated carbocycles. The lowest BCUT2D eigenvalue weighted by atomic mass is 10.3. The smallest absolute Gasteiger partial charge is 0.383 e. The first-order chi connectivity index (χ1) is 8.82. The molecule has 0 unspecified atom stereocenters. The maximum Gasteiger partial charge on any atom is 0.435 e. The van der Waals surface area contributed by atoms with Gasteiger partial charge in [-0.15, -0.1) is 0 Å². The molecule has 0 aliphatic heterocycles. The third kappa shape index (κ3) is 2.51. The lowest BCUT2D eigenvalue weighted by Gasteiger charge is -2.09. The van der Waals surface area contributed by atoms with Crippen molar-refractivity contribution in [3.8, 4) is 5.82 Å². The van der Waals surface area contributed by atoms with Crippen molar-refractivity contribution >= 4 is 5.82 Å². The molecule has 2 aromatic rings. The summed E-state index contributed by atoms with van der Waals surface area (Å²) in [6.07, 6.45) is -2.74. The van der Waals surface area contributed by atoms with Gasteiger partial charge in [0.2, 0.25) is 0 Å². The second kappa shape index (κ2) is 4.52. The Morgan fingerprint density at radius 2 is 2.00 bits per heavy atom. The van der Waals surface area contributed by atoms with E-state index in [1.807, 2.05) is 6.92 Å². The van der Waals surface area contributed by atoms with E-state index in [1.165, 1.54) is 6.20 Å². The summed E-state index contributed by atoms with van der Waals surface area (Å²) in [5.41, 5.74) is 5.24. The minimum atomic E-state index is -4.48. The average molecular weight is 271 g/mol. The van der Waals surface area contributed by atoms with Crippen LogP contribution in [-0.2, 0) is 12.6 Å². The second-order valence-electron chi connectivity index (χ2n) is 3.97. The second-order valence-corrected chi connectivity index (χ2v) is 3.97. The van der Waals surface area contributed by atoms with Gasteiger partial charge in [-0.05, 0) is 13.0 Å². The van der Waals surface area contributed by atoms with Crippen LogP contribution in [0.3, 0.4) is 0 Å². The zero-order valence-electron chi connectivity index (χ0n) is 10.4. The van der Waals surface area contributed by atoms with Crippen molar-refractivity contribution in [3.05, 3.63) is 29.3 Å². The van der Waals surface area contributed by atoms with E-state index in [0.717, 1.165) is 10.7 Å². The van der Waals surface area contributed by atoms with Crippen molar-refractivity contribution < 1.29 is 13.2 Å². The molecule has 0 aliphatic rings. The van der Waals surface area contributed by atoms with E-state index < -0.39 is 11.9 Å². The fourth-order valence-corrected chi connectivity index (χ4v) is 1.54. The number of hydrogen-bond acceptors (Lipinski definition) is 4. The van der Waals surface area contributed by atoms with Crippen LogP contribution in [0, 0.1) is 6.92 Å². The largest absolute Gasteiger partial charge is 0.435 e. The number of nitrogens with zero attached hydrogens (tertiary/aromatic N) is 4. The molecule has 0 aromatic carbocycles. The summed E-state index contributed by atoms with van der Waals surface area (Å²) >= 11 is 0. The molecule has 2 aromatic heterocycles. The first-order valence-corrected chi connectivity index (χ1v) is 5.59. The predicted octanol–water partition coefficient (Wildman–Crippen LogP) is 2.13. The highest BCUT2D eigenvalue weighted by Gasteiger charge is 2.33. The van der Waals surface area contributed by atoms with Crippen molar-refractivity contribution in [2.24, 2.45) is 0 Å². The summed E-state index contributed by atoms with van der Waals surface area (Å²) in [4.78, 5) is 8.20. The standard InChI is InChI=1S/C11H12F3N5/c1-3-8-16-9(15)6(2)10(17-8)19-5-4-7(18-19)11(12,13)14/h4-5H,3H2,1-2H3,(H2,15,16,17). The van der Waals surface area contributed by atoms with E-state index >= 15 is 0 Å². The van der Waals surface area contributed by atoms with E-state index in [9.17, 15) is 13.2 Å². The lowest BCUT2D eigenvalue weighted by Crippen LogP contribution is -2.11. The van der Waals surface area contributed by atoms with E-state index in [-0.39, 0.29) is 11.6 Å². The van der Waals surface area contributed by atoms with Gasteiger partial charge in [0.15, 0.2) is 11.5 Å². The van der Waals surface area contributed by atoms with Gasteiger partial charge >= 0.3 is 6.18 Å². The summed E-state index contributed by atoms with van der Waals surface area (Å²) in [6, 6.07) is 0.892. The first-order valence-electron chi connectivity index (χ1n) is 5.59. The van der Waals surface area contributed by atoms with Gasteiger partial charge in [-0.2, -0.15) is 18.3 Å². The first kappa shape index (κ1) is 13.3. The van der Waals surface area contributed by atoms with Crippen LogP contribution >= 0.6 is 0 Å². The minimum absolute atomic E-state index is 0.242. The molecule has 2 rings (SSSR count). The van der Waals surface area contributed by atoms with Gasteiger partial charge in [0.05, 0.1) is 0 Å². The van der Waals surface area contributed by atoms with Gasteiger partial charge in [-0.1, -0.05) is 6.92 Å². The molecule has 0 saturated heterocycles. The zero-order chi connectivity index (χ0) is 14.2. The molecule has 8 heteroatoms. The molecule has 0 spiro atoms. The molecule has 0 aliphatic carbocycles. The van der Waals surface area contributed by atoms with Crippen LogP contribution in [0.2, 0.25) is 0 Å². The number of hydrogen-bond donors (Lipinski definition) is 1. The summed E-state index contributed by atoms with van der Waals surface area (Å²) in [5.74, 6) is 0.966. The molecule has 0 amide bonds. The number of nitrogen functional groups attached to an aromatic ring is 1. The fraction of sp³-hybridized carbons (Fsp3) is 0.364. The SMILES string of the molecule is CCc1nc(N)c(C)c(-n2ccc(C(F)(F)F)n2)n1. The van der Waals surface area contributed by atoms with Crippen LogP contribution in [0.1, 0.15) is 24.0 Å². The monoisotopic (exact) mass is 271 g/mol. The van der Waals surface area contributed by atoms with Gasteiger partial charge in [0.25, 0.3) is 0 Å². The Balaban J connectivity index is 2.53. The van der Waals surface area contributed by atoms with Gasteiger partial charge in [-0.3, -0.25) is 0 Å². The quantitative estimate of drug-likeness (QED) is 0.908. The maximum absolute atomic E-state index is 12.5. The third-order valence-electron chi connectivity index (χ3n) is 2.62. The van der Waals surface area contributed by atoms with Crippen LogP contribution in [0.4, 0.5) is 19.0 Å². The van der Waals surface area contributed by atoms with Crippen LogP contribution in [0.25, 0.3) is 5.82 Å². The lowest BCUT2D eigenvalue weighted by molar-refractivity contribution is -0.141. The summed E-state index contributed by atoms with van der Waals surface area (Å²) in [7, 11) is 0. The summed E-state index contributed by atoms with van der Waals surface area (Å²) < 4.78 is 38.6. The third-order valence-corrected chi connectivity index (χ3v) is 2.62. The molecule has 0 radical (unpaired) electrons. The maximum atomic E-state index is 12.5. The normalized spacial score (nSPS) is 11.8. The molecule has 5 nitrogen and oxygen atoms in total. The molecular formula is C11H12F3N5. The molecule has 19 heavy (non-hydrogen) atoms. The highest BCUT2D eigenvalue weighted by atomic mass is 19.4. The van der Waals surface area contributed by atoms with Gasteiger partial charge in [0, 0.05) is 18.2 Å². The number of alkyl halides is 3. The highest BCUT2D eigenvalue weighted by molar-refractivity contribution is 5.48. The topological polar surface area (TPSA) is 69.6 Å². The summed E-state index contributed by atoms with van der Waals surface area (Å²) in [5, 5.41) is 3.47. The van der Waals surface area contributed by atoms with E-state index in [0.29, 0.717) is 17.8 Å². The molecule has 2 N–H and O–H groups in total. The minimum Gasteiger partial charge on any atom is -0.383 e. The Hall–Kier alpha value is -2.12. The predicted molar refractivity (Wildman–Crippen MR) is 62.7 cm³/mol. The molecule has 2 heterocycles. The van der Waals surface area contributed by atoms with E-state index in [4.69, 9.17) is 5.73 Å². The Morgan fingerprint density at radius 3 is 2.53 bits per heavy atom. The van der Waals surface area contributed by atoms with Crippen molar-refractivity contribution in [3.63, 3.8) is 0 Å². The summed E-state index contributed by atoms with van der Waals surface area (Å²) in [6.45, 7) is 3.47. The fourth-order valence-electron chi connectivity index (χ4n) is 1.54. The van der Waals surface area contributed by atoms with E-state index in [2.05, 4.69) is 15.1 Å². The Kier molecular flexibility index (Phi) is 3.17. The molecule has 0 bridgehead atoms. The zero-order valence-corrected chi connectivity index (χ0v) is 10.4. The Morgan fingerprint density at radius 1 is 1.32 bits per heavy atom. The number of anilines is 1. The molecule has 0 atom stereocenters. The van der Waals surface area contributed by atoms with Crippen molar-refractivity contribution in [2.45, 2.75) is 26.4 Å².